The summed E-state index contributed by atoms with van der Waals surface area (Å²) in [7, 11) is -0.876. The number of amides is 1. The molecule has 0 fully saturated rings. The number of benzene rings is 2. The zero-order valence-electron chi connectivity index (χ0n) is 15.7. The Kier molecular flexibility index (Phi) is 6.73. The van der Waals surface area contributed by atoms with Crippen LogP contribution in [0.4, 0.5) is 5.69 Å². The molecule has 27 heavy (non-hydrogen) atoms. The van der Waals surface area contributed by atoms with Gasteiger partial charge in [0.15, 0.2) is 0 Å². The number of nitrogens with zero attached hydrogens (tertiary/aromatic N) is 1. The van der Waals surface area contributed by atoms with Crippen LogP contribution in [0.5, 0.6) is 5.75 Å². The number of anilines is 1. The molecule has 0 aliphatic heterocycles. The molecule has 0 saturated heterocycles. The Morgan fingerprint density at radius 2 is 1.81 bits per heavy atom. The Morgan fingerprint density at radius 3 is 2.37 bits per heavy atom. The summed E-state index contributed by atoms with van der Waals surface area (Å²) >= 11 is 6.10. The number of ether oxygens (including phenoxy) is 1. The molecule has 1 amide bonds. The molecule has 0 heterocycles. The molecule has 146 valence electrons. The van der Waals surface area contributed by atoms with E-state index in [1.54, 1.807) is 24.3 Å². The molecule has 0 saturated carbocycles. The minimum atomic E-state index is -3.86. The number of hydrogen-bond donors (Lipinski definition) is 1. The minimum absolute atomic E-state index is 0.0140. The maximum Gasteiger partial charge on any atom is 0.264 e. The lowest BCUT2D eigenvalue weighted by Gasteiger charge is -2.20. The molecule has 0 aliphatic carbocycles. The van der Waals surface area contributed by atoms with Crippen LogP contribution in [0.2, 0.25) is 5.02 Å². The summed E-state index contributed by atoms with van der Waals surface area (Å²) < 4.78 is 32.1. The molecular formula is C19H23ClN2O4S. The number of hydrogen-bond acceptors (Lipinski definition) is 4. The van der Waals surface area contributed by atoms with Crippen LogP contribution in [0.15, 0.2) is 47.4 Å². The number of carbonyl (C=O) groups excluding carboxylic acids is 1. The molecule has 0 atom stereocenters. The SMILES string of the molecule is COc1ccc(N(C)S(=O)(=O)c2ccc(Cl)c(C(=O)NCC(C)C)c2)cc1. The van der Waals surface area contributed by atoms with Crippen molar-refractivity contribution >= 4 is 33.2 Å². The van der Waals surface area contributed by atoms with Gasteiger partial charge in [-0.15, -0.1) is 0 Å². The normalized spacial score (nSPS) is 11.3. The molecule has 8 heteroatoms. The van der Waals surface area contributed by atoms with Gasteiger partial charge < -0.3 is 10.1 Å². The van der Waals surface area contributed by atoms with Gasteiger partial charge in [0.1, 0.15) is 5.75 Å². The molecule has 0 radical (unpaired) electrons. The smallest absolute Gasteiger partial charge is 0.264 e. The van der Waals surface area contributed by atoms with Gasteiger partial charge in [-0.2, -0.15) is 0 Å². The van der Waals surface area contributed by atoms with Crippen molar-refractivity contribution in [1.29, 1.82) is 0 Å². The third-order valence-electron chi connectivity index (χ3n) is 3.95. The summed E-state index contributed by atoms with van der Waals surface area (Å²) in [5, 5.41) is 2.94. The fourth-order valence-electron chi connectivity index (χ4n) is 2.32. The average molecular weight is 411 g/mol. The Bertz CT molecular complexity index is 912. The van der Waals surface area contributed by atoms with E-state index in [1.165, 1.54) is 32.4 Å². The molecule has 0 bridgehead atoms. The topological polar surface area (TPSA) is 75.7 Å². The van der Waals surface area contributed by atoms with E-state index in [4.69, 9.17) is 16.3 Å². The molecule has 0 spiro atoms. The van der Waals surface area contributed by atoms with Crippen molar-refractivity contribution in [3.05, 3.63) is 53.1 Å². The summed E-state index contributed by atoms with van der Waals surface area (Å²) in [6, 6.07) is 10.7. The fourth-order valence-corrected chi connectivity index (χ4v) is 3.75. The van der Waals surface area contributed by atoms with Gasteiger partial charge >= 0.3 is 0 Å². The second-order valence-corrected chi connectivity index (χ2v) is 8.79. The van der Waals surface area contributed by atoms with Crippen LogP contribution in [0.3, 0.4) is 0 Å². The van der Waals surface area contributed by atoms with Gasteiger partial charge in [-0.1, -0.05) is 25.4 Å². The summed E-state index contributed by atoms with van der Waals surface area (Å²) in [4.78, 5) is 12.3. The first kappa shape index (κ1) is 21.1. The number of carbonyl (C=O) groups is 1. The van der Waals surface area contributed by atoms with Crippen molar-refractivity contribution in [2.45, 2.75) is 18.7 Å². The first-order chi connectivity index (χ1) is 12.7. The van der Waals surface area contributed by atoms with Crippen LogP contribution >= 0.6 is 11.6 Å². The van der Waals surface area contributed by atoms with Gasteiger partial charge in [0.05, 0.1) is 28.3 Å². The van der Waals surface area contributed by atoms with Crippen LogP contribution < -0.4 is 14.4 Å². The van der Waals surface area contributed by atoms with Crippen LogP contribution in [0.1, 0.15) is 24.2 Å². The average Bonchev–Trinajstić information content (AvgIpc) is 2.65. The van der Waals surface area contributed by atoms with Gasteiger partial charge in [-0.3, -0.25) is 9.10 Å². The van der Waals surface area contributed by atoms with E-state index in [9.17, 15) is 13.2 Å². The summed E-state index contributed by atoms with van der Waals surface area (Å²) in [5.41, 5.74) is 0.595. The zero-order valence-corrected chi connectivity index (χ0v) is 17.3. The van der Waals surface area contributed by atoms with E-state index in [0.29, 0.717) is 18.0 Å². The number of sulfonamides is 1. The Balaban J connectivity index is 2.34. The van der Waals surface area contributed by atoms with Crippen molar-refractivity contribution in [3.8, 4) is 5.75 Å². The van der Waals surface area contributed by atoms with Crippen molar-refractivity contribution < 1.29 is 17.9 Å². The monoisotopic (exact) mass is 410 g/mol. The van der Waals surface area contributed by atoms with E-state index in [2.05, 4.69) is 5.32 Å². The van der Waals surface area contributed by atoms with E-state index in [1.807, 2.05) is 13.8 Å². The van der Waals surface area contributed by atoms with Crippen LogP contribution in [0.25, 0.3) is 0 Å². The molecule has 6 nitrogen and oxygen atoms in total. The molecule has 0 aromatic heterocycles. The molecular weight excluding hydrogens is 388 g/mol. The maximum atomic E-state index is 13.0. The first-order valence-electron chi connectivity index (χ1n) is 8.37. The van der Waals surface area contributed by atoms with Crippen molar-refractivity contribution in [1.82, 2.24) is 5.32 Å². The lowest BCUT2D eigenvalue weighted by atomic mass is 10.2. The van der Waals surface area contributed by atoms with Crippen molar-refractivity contribution in [2.75, 3.05) is 25.0 Å². The third-order valence-corrected chi connectivity index (χ3v) is 6.06. The summed E-state index contributed by atoms with van der Waals surface area (Å²) in [5.74, 6) is 0.485. The van der Waals surface area contributed by atoms with Gasteiger partial charge in [0.25, 0.3) is 15.9 Å². The Morgan fingerprint density at radius 1 is 1.19 bits per heavy atom. The second-order valence-electron chi connectivity index (χ2n) is 6.42. The summed E-state index contributed by atoms with van der Waals surface area (Å²) in [6.07, 6.45) is 0. The van der Waals surface area contributed by atoms with Gasteiger partial charge in [0, 0.05) is 13.6 Å². The van der Waals surface area contributed by atoms with Crippen LogP contribution in [0, 0.1) is 5.92 Å². The molecule has 2 rings (SSSR count). The second kappa shape index (κ2) is 8.63. The quantitative estimate of drug-likeness (QED) is 0.757. The lowest BCUT2D eigenvalue weighted by molar-refractivity contribution is 0.0949. The highest BCUT2D eigenvalue weighted by Gasteiger charge is 2.24. The third kappa shape index (κ3) is 4.93. The van der Waals surface area contributed by atoms with E-state index < -0.39 is 15.9 Å². The molecule has 0 aliphatic rings. The van der Waals surface area contributed by atoms with E-state index in [-0.39, 0.29) is 21.4 Å². The van der Waals surface area contributed by atoms with Crippen LogP contribution in [-0.4, -0.2) is 35.0 Å². The summed E-state index contributed by atoms with van der Waals surface area (Å²) in [6.45, 7) is 4.40. The number of rotatable bonds is 7. The first-order valence-corrected chi connectivity index (χ1v) is 10.2. The molecule has 1 N–H and O–H groups in total. The standard InChI is InChI=1S/C19H23ClN2O4S/c1-13(2)12-21-19(23)17-11-16(9-10-18(17)20)27(24,25)22(3)14-5-7-15(26-4)8-6-14/h5-11,13H,12H2,1-4H3,(H,21,23). The highest BCUT2D eigenvalue weighted by atomic mass is 35.5. The molecule has 2 aromatic carbocycles. The van der Waals surface area contributed by atoms with Crippen molar-refractivity contribution in [3.63, 3.8) is 0 Å². The fraction of sp³-hybridized carbons (Fsp3) is 0.316. The Labute approximate surface area is 165 Å². The predicted octanol–water partition coefficient (Wildman–Crippen LogP) is 3.56. The Hall–Kier alpha value is -2.25. The highest BCUT2D eigenvalue weighted by molar-refractivity contribution is 7.92. The maximum absolute atomic E-state index is 13.0. The molecule has 2 aromatic rings. The number of methoxy groups -OCH3 is 1. The molecule has 0 unspecified atom stereocenters. The van der Waals surface area contributed by atoms with Gasteiger partial charge in [-0.05, 0) is 48.4 Å². The largest absolute Gasteiger partial charge is 0.497 e. The van der Waals surface area contributed by atoms with Gasteiger partial charge in [0.2, 0.25) is 0 Å². The van der Waals surface area contributed by atoms with E-state index in [0.717, 1.165) is 4.31 Å². The number of halogens is 1. The number of nitrogens with one attached hydrogen (secondary N) is 1. The van der Waals surface area contributed by atoms with Crippen molar-refractivity contribution in [2.24, 2.45) is 5.92 Å². The lowest BCUT2D eigenvalue weighted by Crippen LogP contribution is -2.29. The minimum Gasteiger partial charge on any atom is -0.497 e. The van der Waals surface area contributed by atoms with E-state index >= 15 is 0 Å². The van der Waals surface area contributed by atoms with Gasteiger partial charge in [-0.25, -0.2) is 8.42 Å². The predicted molar refractivity (Wildman–Crippen MR) is 107 cm³/mol. The highest BCUT2D eigenvalue weighted by Crippen LogP contribution is 2.27. The zero-order chi connectivity index (χ0) is 20.2. The van der Waals surface area contributed by atoms with Crippen LogP contribution in [-0.2, 0) is 10.0 Å².